The monoisotopic (exact) mass is 550 g/mol. The van der Waals surface area contributed by atoms with Gasteiger partial charge in [0.1, 0.15) is 0 Å². The van der Waals surface area contributed by atoms with Crippen LogP contribution in [-0.4, -0.2) is 15.8 Å². The SMILES string of the molecule is C[C@H]([AsH]CC(C#N)c1cccc(-c2ccccc2)c1)[C@@H](Cc1ccc(Cl)cc1)c1cccc(C#N)c1. The van der Waals surface area contributed by atoms with Crippen LogP contribution in [0.4, 0.5) is 0 Å². The van der Waals surface area contributed by atoms with Crippen molar-refractivity contribution in [1.29, 1.82) is 10.5 Å². The van der Waals surface area contributed by atoms with E-state index in [-0.39, 0.29) is 11.8 Å². The average Bonchev–Trinajstić information content (AvgIpc) is 2.93. The van der Waals surface area contributed by atoms with Crippen LogP contribution in [0.25, 0.3) is 11.1 Å². The molecule has 0 saturated heterocycles. The third-order valence-electron chi connectivity index (χ3n) is 6.61. The second-order valence-electron chi connectivity index (χ2n) is 9.04. The van der Waals surface area contributed by atoms with Gasteiger partial charge in [-0.25, -0.2) is 0 Å². The van der Waals surface area contributed by atoms with E-state index in [9.17, 15) is 10.5 Å². The number of halogens is 1. The number of benzene rings is 4. The quantitative estimate of drug-likeness (QED) is 0.197. The fraction of sp³-hybridized carbons (Fsp3) is 0.188. The van der Waals surface area contributed by atoms with Crippen molar-refractivity contribution in [3.8, 4) is 23.3 Å². The summed E-state index contributed by atoms with van der Waals surface area (Å²) in [6, 6.07) is 39.6. The Morgan fingerprint density at radius 3 is 2.19 bits per heavy atom. The summed E-state index contributed by atoms with van der Waals surface area (Å²) in [5.41, 5.74) is 6.53. The first-order valence-corrected chi connectivity index (χ1v) is 15.2. The van der Waals surface area contributed by atoms with E-state index in [1.165, 1.54) is 16.7 Å². The summed E-state index contributed by atoms with van der Waals surface area (Å²) in [6.45, 7) is 2.31. The van der Waals surface area contributed by atoms with Gasteiger partial charge in [0, 0.05) is 0 Å². The van der Waals surface area contributed by atoms with Gasteiger partial charge in [-0.15, -0.1) is 0 Å². The Kier molecular flexibility index (Phi) is 9.03. The molecule has 0 heterocycles. The molecule has 2 unspecified atom stereocenters. The molecule has 4 heteroatoms. The Bertz CT molecular complexity index is 1370. The Morgan fingerprint density at radius 1 is 0.778 bits per heavy atom. The van der Waals surface area contributed by atoms with Gasteiger partial charge in [-0.1, -0.05) is 0 Å². The molecule has 0 aromatic heterocycles. The van der Waals surface area contributed by atoms with Crippen molar-refractivity contribution in [2.45, 2.75) is 35.1 Å². The second-order valence-corrected chi connectivity index (χ2v) is 13.1. The fourth-order valence-electron chi connectivity index (χ4n) is 4.55. The van der Waals surface area contributed by atoms with Crippen molar-refractivity contribution in [3.63, 3.8) is 0 Å². The predicted molar refractivity (Wildman–Crippen MR) is 151 cm³/mol. The zero-order chi connectivity index (χ0) is 25.3. The molecule has 4 aromatic rings. The summed E-state index contributed by atoms with van der Waals surface area (Å²) in [4.78, 5) is 0. The molecule has 4 rings (SSSR count). The number of hydrogen-bond acceptors (Lipinski definition) is 2. The van der Waals surface area contributed by atoms with Gasteiger partial charge in [0.2, 0.25) is 0 Å². The van der Waals surface area contributed by atoms with Crippen LogP contribution < -0.4 is 0 Å². The summed E-state index contributed by atoms with van der Waals surface area (Å²) < 4.78 is 0.447. The normalized spacial score (nSPS) is 13.6. The zero-order valence-electron chi connectivity index (χ0n) is 20.2. The van der Waals surface area contributed by atoms with Crippen molar-refractivity contribution >= 4 is 27.4 Å². The first-order chi connectivity index (χ1) is 17.6. The van der Waals surface area contributed by atoms with Gasteiger partial charge in [0.05, 0.1) is 0 Å². The van der Waals surface area contributed by atoms with Gasteiger partial charge in [-0.05, 0) is 0 Å². The molecule has 0 fully saturated rings. The first-order valence-electron chi connectivity index (χ1n) is 12.1. The molecule has 0 bridgehead atoms. The van der Waals surface area contributed by atoms with Crippen molar-refractivity contribution in [2.75, 3.05) is 0 Å². The van der Waals surface area contributed by atoms with E-state index in [1.54, 1.807) is 0 Å². The Morgan fingerprint density at radius 2 is 1.47 bits per heavy atom. The molecule has 4 aromatic carbocycles. The molecule has 0 radical (unpaired) electrons. The molecule has 0 spiro atoms. The van der Waals surface area contributed by atoms with Crippen LogP contribution in [0.15, 0.2) is 103 Å². The molecule has 0 aliphatic rings. The molecule has 0 aliphatic carbocycles. The van der Waals surface area contributed by atoms with Crippen LogP contribution in [0.5, 0.6) is 0 Å². The summed E-state index contributed by atoms with van der Waals surface area (Å²) in [5, 5.41) is 21.2. The summed E-state index contributed by atoms with van der Waals surface area (Å²) in [7, 11) is 0. The molecule has 0 N–H and O–H groups in total. The Hall–Kier alpha value is -3.29. The van der Waals surface area contributed by atoms with Gasteiger partial charge in [-0.3, -0.25) is 0 Å². The third-order valence-corrected chi connectivity index (χ3v) is 10.4. The van der Waals surface area contributed by atoms with Crippen LogP contribution in [0, 0.1) is 22.7 Å². The van der Waals surface area contributed by atoms with Gasteiger partial charge >= 0.3 is 227 Å². The minimum atomic E-state index is -0.455. The fourth-order valence-corrected chi connectivity index (χ4v) is 7.88. The average molecular weight is 551 g/mol. The van der Waals surface area contributed by atoms with Crippen molar-refractivity contribution < 1.29 is 0 Å². The van der Waals surface area contributed by atoms with Gasteiger partial charge < -0.3 is 0 Å². The molecule has 0 aliphatic heterocycles. The second kappa shape index (κ2) is 12.6. The van der Waals surface area contributed by atoms with E-state index in [0.717, 1.165) is 27.8 Å². The number of rotatable bonds is 9. The van der Waals surface area contributed by atoms with Crippen molar-refractivity contribution in [2.24, 2.45) is 0 Å². The molecule has 36 heavy (non-hydrogen) atoms. The minimum absolute atomic E-state index is 0.113. The van der Waals surface area contributed by atoms with E-state index in [0.29, 0.717) is 10.3 Å². The topological polar surface area (TPSA) is 47.6 Å². The number of nitriles is 2. The summed E-state index contributed by atoms with van der Waals surface area (Å²) in [5.74, 6) is 0.173. The molecule has 4 atom stereocenters. The zero-order valence-corrected chi connectivity index (χ0v) is 23.1. The molecular formula is C32H28AsClN2. The standard InChI is InChI=1S/C32H28AsClN2/c1-23(32(18-24-13-15-31(34)16-14-24)29-12-5-7-25(17-29)21-35)33-20-30(22-36)28-11-6-10-27(19-28)26-8-3-2-4-9-26/h2-17,19,23,30,32-33H,18,20H2,1H3/t23-,30?,32+/m0/s1. The number of nitrogens with zero attached hydrogens (tertiary/aromatic N) is 2. The van der Waals surface area contributed by atoms with E-state index < -0.39 is 15.8 Å². The van der Waals surface area contributed by atoms with Crippen LogP contribution in [0.3, 0.4) is 0 Å². The van der Waals surface area contributed by atoms with E-state index >= 15 is 0 Å². The maximum absolute atomic E-state index is 10.1. The predicted octanol–water partition coefficient (Wildman–Crippen LogP) is 8.18. The maximum atomic E-state index is 10.1. The van der Waals surface area contributed by atoms with Crippen molar-refractivity contribution in [3.05, 3.63) is 130 Å². The van der Waals surface area contributed by atoms with E-state index in [2.05, 4.69) is 73.7 Å². The van der Waals surface area contributed by atoms with E-state index in [4.69, 9.17) is 11.6 Å². The molecular weight excluding hydrogens is 523 g/mol. The van der Waals surface area contributed by atoms with Gasteiger partial charge in [0.25, 0.3) is 0 Å². The van der Waals surface area contributed by atoms with Gasteiger partial charge in [0.15, 0.2) is 0 Å². The molecule has 2 nitrogen and oxygen atoms in total. The number of hydrogen-bond donors (Lipinski definition) is 0. The summed E-state index contributed by atoms with van der Waals surface area (Å²) >= 11 is 5.66. The molecule has 178 valence electrons. The van der Waals surface area contributed by atoms with Crippen LogP contribution in [0.2, 0.25) is 14.9 Å². The molecule has 0 amide bonds. The van der Waals surface area contributed by atoms with Crippen LogP contribution in [-0.2, 0) is 6.42 Å². The Labute approximate surface area is 225 Å². The van der Waals surface area contributed by atoms with Crippen LogP contribution in [0.1, 0.15) is 41.0 Å². The molecule has 0 saturated carbocycles. The van der Waals surface area contributed by atoms with Crippen molar-refractivity contribution in [1.82, 2.24) is 0 Å². The Balaban J connectivity index is 1.53. The van der Waals surface area contributed by atoms with E-state index in [1.807, 2.05) is 48.5 Å². The summed E-state index contributed by atoms with van der Waals surface area (Å²) in [6.07, 6.45) is 0.886. The third kappa shape index (κ3) is 6.68. The van der Waals surface area contributed by atoms with Gasteiger partial charge in [-0.2, -0.15) is 0 Å². The first kappa shape index (κ1) is 25.8. The van der Waals surface area contributed by atoms with Crippen LogP contribution >= 0.6 is 11.6 Å².